The number of carbonyl (C=O) groups excluding carboxylic acids is 1. The van der Waals surface area contributed by atoms with Crippen molar-refractivity contribution in [3.05, 3.63) is 47.0 Å². The second-order valence-electron chi connectivity index (χ2n) is 4.98. The van der Waals surface area contributed by atoms with Crippen LogP contribution in [0.4, 0.5) is 0 Å². The van der Waals surface area contributed by atoms with Crippen LogP contribution in [-0.4, -0.2) is 33.6 Å². The number of benzene rings is 1. The zero-order chi connectivity index (χ0) is 15.7. The second kappa shape index (κ2) is 5.55. The maximum atomic E-state index is 11.9. The van der Waals surface area contributed by atoms with Gasteiger partial charge >= 0.3 is 5.97 Å². The quantitative estimate of drug-likeness (QED) is 0.846. The summed E-state index contributed by atoms with van der Waals surface area (Å²) >= 11 is 0. The lowest BCUT2D eigenvalue weighted by Crippen LogP contribution is -2.12. The van der Waals surface area contributed by atoms with Gasteiger partial charge in [-0.3, -0.25) is 9.56 Å². The fraction of sp³-hybridized carbons (Fsp3) is 0.250. The number of hydrogen-bond acceptors (Lipinski definition) is 5. The van der Waals surface area contributed by atoms with E-state index in [1.54, 1.807) is 6.92 Å². The lowest BCUT2D eigenvalue weighted by Gasteiger charge is -2.10. The Kier molecular flexibility index (Phi) is 3.58. The molecule has 2 N–H and O–H groups in total. The number of nitrogens with zero attached hydrogens (tertiary/aromatic N) is 2. The molecule has 0 fully saturated rings. The lowest BCUT2D eigenvalue weighted by atomic mass is 10.1. The van der Waals surface area contributed by atoms with E-state index in [0.29, 0.717) is 17.7 Å². The molecule has 0 saturated heterocycles. The number of carbonyl (C=O) groups is 1. The molecule has 6 heteroatoms. The first-order valence-electron chi connectivity index (χ1n) is 7.01. The third-order valence-corrected chi connectivity index (χ3v) is 3.60. The molecule has 3 rings (SSSR count). The molecule has 114 valence electrons. The van der Waals surface area contributed by atoms with Gasteiger partial charge in [0.25, 0.3) is 0 Å². The number of fused-ring (bicyclic) bond motifs is 1. The summed E-state index contributed by atoms with van der Waals surface area (Å²) in [5, 5.41) is 20.7. The molecule has 0 spiro atoms. The van der Waals surface area contributed by atoms with Gasteiger partial charge in [0.2, 0.25) is 11.8 Å². The van der Waals surface area contributed by atoms with Crippen molar-refractivity contribution in [2.45, 2.75) is 19.5 Å². The van der Waals surface area contributed by atoms with E-state index in [1.807, 2.05) is 30.3 Å². The molecule has 1 unspecified atom stereocenters. The van der Waals surface area contributed by atoms with E-state index in [1.165, 1.54) is 10.8 Å². The van der Waals surface area contributed by atoms with Crippen molar-refractivity contribution in [3.63, 3.8) is 0 Å². The van der Waals surface area contributed by atoms with Gasteiger partial charge in [0, 0.05) is 6.21 Å². The highest BCUT2D eigenvalue weighted by atomic mass is 16.5. The molecular formula is C16H16N2O4. The number of aromatic hydroxyl groups is 2. The van der Waals surface area contributed by atoms with Crippen molar-refractivity contribution in [2.75, 3.05) is 6.61 Å². The smallest absolute Gasteiger partial charge is 0.335 e. The van der Waals surface area contributed by atoms with Crippen LogP contribution in [0.2, 0.25) is 0 Å². The van der Waals surface area contributed by atoms with Gasteiger partial charge in [-0.2, -0.15) is 0 Å². The molecule has 1 aliphatic heterocycles. The summed E-state index contributed by atoms with van der Waals surface area (Å²) in [6.45, 7) is 2.24. The van der Waals surface area contributed by atoms with Gasteiger partial charge in [0.15, 0.2) is 6.04 Å². The van der Waals surface area contributed by atoms with Crippen molar-refractivity contribution < 1.29 is 19.7 Å². The summed E-state index contributed by atoms with van der Waals surface area (Å²) in [5.74, 6) is -0.802. The molecule has 2 aromatic rings. The van der Waals surface area contributed by atoms with Crippen LogP contribution in [0.25, 0.3) is 0 Å². The van der Waals surface area contributed by atoms with Crippen molar-refractivity contribution in [2.24, 2.45) is 4.99 Å². The molecule has 6 nitrogen and oxygen atoms in total. The number of ether oxygens (including phenoxy) is 1. The highest BCUT2D eigenvalue weighted by Crippen LogP contribution is 2.42. The van der Waals surface area contributed by atoms with E-state index in [0.717, 1.165) is 5.56 Å². The monoisotopic (exact) mass is 300 g/mol. The van der Waals surface area contributed by atoms with Crippen molar-refractivity contribution >= 4 is 12.2 Å². The zero-order valence-electron chi connectivity index (χ0n) is 12.1. The average molecular weight is 300 g/mol. The van der Waals surface area contributed by atoms with Gasteiger partial charge < -0.3 is 14.9 Å². The summed E-state index contributed by atoms with van der Waals surface area (Å²) in [6, 6.07) is 8.51. The first-order valence-corrected chi connectivity index (χ1v) is 7.01. The SMILES string of the molecule is CCOC(=O)C1N=Cc2c1c(O)n(Cc1ccccc1)c2O. The van der Waals surface area contributed by atoms with Crippen LogP contribution in [0.15, 0.2) is 35.3 Å². The number of aliphatic imine (C=N–C) groups is 1. The maximum absolute atomic E-state index is 11.9. The van der Waals surface area contributed by atoms with Crippen LogP contribution < -0.4 is 0 Å². The Morgan fingerprint density at radius 2 is 2.00 bits per heavy atom. The standard InChI is InChI=1S/C16H16N2O4/c1-2-22-16(21)13-12-11(8-17-13)14(19)18(15(12)20)9-10-6-4-3-5-7-10/h3-8,13,19-20H,2,9H2,1H3. The largest absolute Gasteiger partial charge is 0.494 e. The maximum Gasteiger partial charge on any atom is 0.335 e. The molecule has 22 heavy (non-hydrogen) atoms. The molecule has 1 aromatic heterocycles. The number of esters is 1. The van der Waals surface area contributed by atoms with Gasteiger partial charge in [-0.15, -0.1) is 0 Å². The van der Waals surface area contributed by atoms with E-state index < -0.39 is 12.0 Å². The topological polar surface area (TPSA) is 84.0 Å². The first kappa shape index (κ1) is 14.2. The summed E-state index contributed by atoms with van der Waals surface area (Å²) in [6.07, 6.45) is 1.40. The predicted molar refractivity (Wildman–Crippen MR) is 80.3 cm³/mol. The normalized spacial score (nSPS) is 15.8. The van der Waals surface area contributed by atoms with Crippen molar-refractivity contribution in [1.82, 2.24) is 4.57 Å². The van der Waals surface area contributed by atoms with E-state index in [4.69, 9.17) is 4.74 Å². The van der Waals surface area contributed by atoms with Crippen LogP contribution >= 0.6 is 0 Å². The Labute approximate surface area is 127 Å². The van der Waals surface area contributed by atoms with Gasteiger partial charge in [0.1, 0.15) is 0 Å². The minimum atomic E-state index is -0.919. The Morgan fingerprint density at radius 1 is 1.27 bits per heavy atom. The van der Waals surface area contributed by atoms with Gasteiger partial charge in [-0.25, -0.2) is 4.79 Å². The van der Waals surface area contributed by atoms with Gasteiger partial charge in [-0.1, -0.05) is 30.3 Å². The van der Waals surface area contributed by atoms with Crippen LogP contribution in [0.1, 0.15) is 29.7 Å². The predicted octanol–water partition coefficient (Wildman–Crippen LogP) is 1.98. The Bertz CT molecular complexity index is 734. The average Bonchev–Trinajstić information content (AvgIpc) is 3.05. The summed E-state index contributed by atoms with van der Waals surface area (Å²) < 4.78 is 6.31. The third kappa shape index (κ3) is 2.22. The lowest BCUT2D eigenvalue weighted by molar-refractivity contribution is -0.144. The highest BCUT2D eigenvalue weighted by molar-refractivity contribution is 5.96. The van der Waals surface area contributed by atoms with Gasteiger partial charge in [0.05, 0.1) is 24.3 Å². The van der Waals surface area contributed by atoms with Crippen LogP contribution in [0.3, 0.4) is 0 Å². The summed E-state index contributed by atoms with van der Waals surface area (Å²) in [5.41, 5.74) is 1.59. The fourth-order valence-corrected chi connectivity index (χ4v) is 2.57. The van der Waals surface area contributed by atoms with Crippen molar-refractivity contribution in [1.29, 1.82) is 0 Å². The van der Waals surface area contributed by atoms with Crippen LogP contribution in [0, 0.1) is 0 Å². The molecule has 0 amide bonds. The van der Waals surface area contributed by atoms with E-state index in [9.17, 15) is 15.0 Å². The number of aromatic nitrogens is 1. The van der Waals surface area contributed by atoms with Crippen LogP contribution in [-0.2, 0) is 16.1 Å². The molecule has 0 saturated carbocycles. The molecular weight excluding hydrogens is 284 g/mol. The first-order chi connectivity index (χ1) is 10.6. The number of rotatable bonds is 4. The van der Waals surface area contributed by atoms with Crippen molar-refractivity contribution in [3.8, 4) is 11.8 Å². The van der Waals surface area contributed by atoms with Crippen LogP contribution in [0.5, 0.6) is 11.8 Å². The summed E-state index contributed by atoms with van der Waals surface area (Å²) in [7, 11) is 0. The van der Waals surface area contributed by atoms with E-state index in [2.05, 4.69) is 4.99 Å². The Balaban J connectivity index is 1.97. The molecule has 1 aromatic carbocycles. The molecule has 0 bridgehead atoms. The molecule has 1 atom stereocenters. The minimum Gasteiger partial charge on any atom is -0.494 e. The zero-order valence-corrected chi connectivity index (χ0v) is 12.1. The molecule has 0 aliphatic carbocycles. The van der Waals surface area contributed by atoms with E-state index >= 15 is 0 Å². The minimum absolute atomic E-state index is 0.105. The Hall–Kier alpha value is -2.76. The Morgan fingerprint density at radius 3 is 2.68 bits per heavy atom. The molecule has 2 heterocycles. The fourth-order valence-electron chi connectivity index (χ4n) is 2.57. The van der Waals surface area contributed by atoms with Gasteiger partial charge in [-0.05, 0) is 12.5 Å². The highest BCUT2D eigenvalue weighted by Gasteiger charge is 2.36. The van der Waals surface area contributed by atoms with E-state index in [-0.39, 0.29) is 18.4 Å². The third-order valence-electron chi connectivity index (χ3n) is 3.60. The number of hydrogen-bond donors (Lipinski definition) is 2. The second-order valence-corrected chi connectivity index (χ2v) is 4.98. The summed E-state index contributed by atoms with van der Waals surface area (Å²) in [4.78, 5) is 15.9. The molecule has 1 aliphatic rings. The molecule has 0 radical (unpaired) electrons.